The van der Waals surface area contributed by atoms with E-state index in [1.807, 2.05) is 27.7 Å². The second-order valence-electron chi connectivity index (χ2n) is 3.52. The molecular formula is C11H19NO2. The Labute approximate surface area is 86.5 Å². The standard InChI is InChI=1S/C11H19NO2/c1-9(2)11(7-6-8-13-5)12-14-10(3)4/h9-10H,8H2,1-5H3/b12-11+. The van der Waals surface area contributed by atoms with Crippen molar-refractivity contribution >= 4 is 5.71 Å². The molecule has 0 heterocycles. The van der Waals surface area contributed by atoms with Gasteiger partial charge in [0.25, 0.3) is 0 Å². The number of hydrogen-bond donors (Lipinski definition) is 0. The largest absolute Gasteiger partial charge is 0.392 e. The molecule has 0 fully saturated rings. The Morgan fingerprint density at radius 2 is 1.93 bits per heavy atom. The van der Waals surface area contributed by atoms with Crippen LogP contribution in [0.2, 0.25) is 0 Å². The SMILES string of the molecule is COCC#C/C(=N\OC(C)C)C(C)C. The first-order valence-electron chi connectivity index (χ1n) is 4.79. The maximum Gasteiger partial charge on any atom is 0.132 e. The molecule has 0 radical (unpaired) electrons. The van der Waals surface area contributed by atoms with Gasteiger partial charge < -0.3 is 9.57 Å². The van der Waals surface area contributed by atoms with Gasteiger partial charge in [-0.3, -0.25) is 0 Å². The molecule has 0 atom stereocenters. The predicted octanol–water partition coefficient (Wildman–Crippen LogP) is 2.07. The zero-order chi connectivity index (χ0) is 11.0. The van der Waals surface area contributed by atoms with E-state index >= 15 is 0 Å². The molecule has 0 aliphatic rings. The van der Waals surface area contributed by atoms with Crippen molar-refractivity contribution in [2.45, 2.75) is 33.8 Å². The van der Waals surface area contributed by atoms with Gasteiger partial charge in [-0.1, -0.05) is 24.9 Å². The third-order valence-corrected chi connectivity index (χ3v) is 1.34. The summed E-state index contributed by atoms with van der Waals surface area (Å²) in [4.78, 5) is 5.14. The molecule has 0 saturated heterocycles. The quantitative estimate of drug-likeness (QED) is 0.392. The van der Waals surface area contributed by atoms with E-state index in [0.29, 0.717) is 6.61 Å². The smallest absolute Gasteiger partial charge is 0.132 e. The summed E-state index contributed by atoms with van der Waals surface area (Å²) < 4.78 is 4.83. The van der Waals surface area contributed by atoms with Gasteiger partial charge in [0.15, 0.2) is 0 Å². The Balaban J connectivity index is 4.31. The molecule has 0 N–H and O–H groups in total. The Kier molecular flexibility index (Phi) is 6.87. The lowest BCUT2D eigenvalue weighted by molar-refractivity contribution is 0.0853. The highest BCUT2D eigenvalue weighted by molar-refractivity contribution is 6.01. The first-order valence-corrected chi connectivity index (χ1v) is 4.79. The van der Waals surface area contributed by atoms with Gasteiger partial charge in [0.2, 0.25) is 0 Å². The molecule has 0 rings (SSSR count). The molecule has 0 aromatic carbocycles. The molecule has 14 heavy (non-hydrogen) atoms. The first-order chi connectivity index (χ1) is 6.57. The number of methoxy groups -OCH3 is 1. The van der Waals surface area contributed by atoms with Gasteiger partial charge in [0.05, 0.1) is 0 Å². The summed E-state index contributed by atoms with van der Waals surface area (Å²) in [6, 6.07) is 0. The van der Waals surface area contributed by atoms with Crippen LogP contribution in [0.25, 0.3) is 0 Å². The van der Waals surface area contributed by atoms with E-state index in [9.17, 15) is 0 Å². The summed E-state index contributed by atoms with van der Waals surface area (Å²) in [5.74, 6) is 6.06. The summed E-state index contributed by atoms with van der Waals surface area (Å²) in [7, 11) is 1.62. The summed E-state index contributed by atoms with van der Waals surface area (Å²) in [5.41, 5.74) is 0.760. The predicted molar refractivity (Wildman–Crippen MR) is 58.1 cm³/mol. The highest BCUT2D eigenvalue weighted by Crippen LogP contribution is 1.99. The lowest BCUT2D eigenvalue weighted by Gasteiger charge is -2.05. The van der Waals surface area contributed by atoms with Crippen molar-refractivity contribution in [3.63, 3.8) is 0 Å². The number of ether oxygens (including phenoxy) is 1. The normalized spacial score (nSPS) is 11.5. The zero-order valence-electron chi connectivity index (χ0n) is 9.63. The van der Waals surface area contributed by atoms with E-state index in [2.05, 4.69) is 17.0 Å². The molecule has 0 aromatic heterocycles. The summed E-state index contributed by atoms with van der Waals surface area (Å²) >= 11 is 0. The second kappa shape index (κ2) is 7.40. The third-order valence-electron chi connectivity index (χ3n) is 1.34. The van der Waals surface area contributed by atoms with Crippen LogP contribution in [-0.2, 0) is 9.57 Å². The van der Waals surface area contributed by atoms with E-state index in [1.54, 1.807) is 7.11 Å². The van der Waals surface area contributed by atoms with Crippen molar-refractivity contribution in [1.29, 1.82) is 0 Å². The van der Waals surface area contributed by atoms with E-state index < -0.39 is 0 Å². The first kappa shape index (κ1) is 13.0. The van der Waals surface area contributed by atoms with Crippen LogP contribution in [-0.4, -0.2) is 25.5 Å². The average molecular weight is 197 g/mol. The van der Waals surface area contributed by atoms with E-state index in [4.69, 9.17) is 9.57 Å². The van der Waals surface area contributed by atoms with E-state index in [0.717, 1.165) is 5.71 Å². The van der Waals surface area contributed by atoms with Gasteiger partial charge >= 0.3 is 0 Å². The van der Waals surface area contributed by atoms with Crippen molar-refractivity contribution in [2.24, 2.45) is 11.1 Å². The fourth-order valence-electron chi connectivity index (χ4n) is 0.634. The summed E-state index contributed by atoms with van der Waals surface area (Å²) in [6.07, 6.45) is 0.0907. The van der Waals surface area contributed by atoms with Gasteiger partial charge in [-0.25, -0.2) is 0 Å². The Bertz CT molecular complexity index is 233. The van der Waals surface area contributed by atoms with Gasteiger partial charge in [-0.2, -0.15) is 0 Å². The molecule has 80 valence electrons. The maximum atomic E-state index is 5.14. The van der Waals surface area contributed by atoms with Crippen LogP contribution in [0, 0.1) is 17.8 Å². The molecule has 0 spiro atoms. The molecule has 0 amide bonds. The lowest BCUT2D eigenvalue weighted by atomic mass is 10.1. The highest BCUT2D eigenvalue weighted by atomic mass is 16.6. The summed E-state index contributed by atoms with van der Waals surface area (Å²) in [5, 5.41) is 3.98. The topological polar surface area (TPSA) is 30.8 Å². The van der Waals surface area contributed by atoms with Gasteiger partial charge in [-0.15, -0.1) is 0 Å². The van der Waals surface area contributed by atoms with E-state index in [1.165, 1.54) is 0 Å². The van der Waals surface area contributed by atoms with Crippen LogP contribution >= 0.6 is 0 Å². The third kappa shape index (κ3) is 6.50. The minimum Gasteiger partial charge on any atom is -0.392 e. The van der Waals surface area contributed by atoms with Crippen molar-refractivity contribution in [3.8, 4) is 11.8 Å². The van der Waals surface area contributed by atoms with Crippen LogP contribution < -0.4 is 0 Å². The molecule has 0 aromatic rings. The van der Waals surface area contributed by atoms with Crippen molar-refractivity contribution in [1.82, 2.24) is 0 Å². The van der Waals surface area contributed by atoms with Gasteiger partial charge in [0.1, 0.15) is 18.4 Å². The fraction of sp³-hybridized carbons (Fsp3) is 0.727. The molecule has 0 saturated carbocycles. The van der Waals surface area contributed by atoms with Gasteiger partial charge in [0, 0.05) is 13.0 Å². The summed E-state index contributed by atoms with van der Waals surface area (Å²) in [6.45, 7) is 8.36. The van der Waals surface area contributed by atoms with Crippen molar-refractivity contribution in [2.75, 3.05) is 13.7 Å². The zero-order valence-corrected chi connectivity index (χ0v) is 9.63. The van der Waals surface area contributed by atoms with Gasteiger partial charge in [-0.05, 0) is 19.8 Å². The highest BCUT2D eigenvalue weighted by Gasteiger charge is 2.02. The van der Waals surface area contributed by atoms with Crippen LogP contribution in [0.5, 0.6) is 0 Å². The number of oxime groups is 1. The van der Waals surface area contributed by atoms with Crippen LogP contribution in [0.15, 0.2) is 5.16 Å². The minimum atomic E-state index is 0.0907. The fourth-order valence-corrected chi connectivity index (χ4v) is 0.634. The average Bonchev–Trinajstić information content (AvgIpc) is 2.10. The second-order valence-corrected chi connectivity index (χ2v) is 3.52. The van der Waals surface area contributed by atoms with Crippen LogP contribution in [0.3, 0.4) is 0 Å². The lowest BCUT2D eigenvalue weighted by Crippen LogP contribution is -2.08. The Morgan fingerprint density at radius 1 is 1.29 bits per heavy atom. The Hall–Kier alpha value is -1.01. The molecule has 0 aliphatic heterocycles. The maximum absolute atomic E-state index is 5.14. The number of hydrogen-bond acceptors (Lipinski definition) is 3. The molecule has 3 nitrogen and oxygen atoms in total. The van der Waals surface area contributed by atoms with Crippen molar-refractivity contribution in [3.05, 3.63) is 0 Å². The van der Waals surface area contributed by atoms with Crippen molar-refractivity contribution < 1.29 is 9.57 Å². The minimum absolute atomic E-state index is 0.0907. The van der Waals surface area contributed by atoms with E-state index in [-0.39, 0.29) is 12.0 Å². The van der Waals surface area contributed by atoms with Crippen LogP contribution in [0.1, 0.15) is 27.7 Å². The number of rotatable bonds is 4. The number of nitrogens with zero attached hydrogens (tertiary/aromatic N) is 1. The molecular weight excluding hydrogens is 178 g/mol. The van der Waals surface area contributed by atoms with Crippen LogP contribution in [0.4, 0.5) is 0 Å². The molecule has 0 unspecified atom stereocenters. The molecule has 0 aliphatic carbocycles. The molecule has 3 heteroatoms. The monoisotopic (exact) mass is 197 g/mol. The molecule has 0 bridgehead atoms. The Morgan fingerprint density at radius 3 is 2.36 bits per heavy atom.